The van der Waals surface area contributed by atoms with Crippen LogP contribution in [0.2, 0.25) is 5.02 Å². The van der Waals surface area contributed by atoms with Crippen molar-refractivity contribution in [1.82, 2.24) is 15.0 Å². The van der Waals surface area contributed by atoms with Crippen LogP contribution in [0.5, 0.6) is 0 Å². The van der Waals surface area contributed by atoms with Crippen molar-refractivity contribution in [2.24, 2.45) is 0 Å². The molecule has 1 aromatic rings. The van der Waals surface area contributed by atoms with E-state index in [2.05, 4.69) is 15.0 Å². The van der Waals surface area contributed by atoms with E-state index in [4.69, 9.17) is 11.6 Å². The van der Waals surface area contributed by atoms with Crippen LogP contribution in [0.15, 0.2) is 23.4 Å². The number of nitrogens with zero attached hydrogens (tertiary/aromatic N) is 1. The first-order valence-electron chi connectivity index (χ1n) is 5.33. The zero-order valence-corrected chi connectivity index (χ0v) is 11.4. The lowest BCUT2D eigenvalue weighted by Crippen LogP contribution is -2.30. The van der Waals surface area contributed by atoms with E-state index >= 15 is 0 Å². The van der Waals surface area contributed by atoms with Crippen LogP contribution in [-0.2, 0) is 14.8 Å². The van der Waals surface area contributed by atoms with Gasteiger partial charge in [-0.2, -0.15) is 0 Å². The fraction of sp³-hybridized carbons (Fsp3) is 0.400. The number of halogens is 1. The lowest BCUT2D eigenvalue weighted by atomic mass is 10.4. The van der Waals surface area contributed by atoms with Crippen molar-refractivity contribution in [2.75, 3.05) is 13.1 Å². The fourth-order valence-corrected chi connectivity index (χ4v) is 2.68. The number of rotatable bonds is 6. The number of nitrogens with one attached hydrogen (secondary N) is 2. The maximum Gasteiger partial charge on any atom is 0.243 e. The molecule has 0 bridgehead atoms. The molecular weight excluding hydrogens is 278 g/mol. The third-order valence-corrected chi connectivity index (χ3v) is 3.97. The molecule has 0 aliphatic heterocycles. The fourth-order valence-electron chi connectivity index (χ4n) is 1.22. The summed E-state index contributed by atoms with van der Waals surface area (Å²) < 4.78 is 25.9. The van der Waals surface area contributed by atoms with E-state index in [0.717, 1.165) is 6.20 Å². The summed E-state index contributed by atoms with van der Waals surface area (Å²) in [5.41, 5.74) is 0. The Labute approximate surface area is 111 Å². The molecule has 0 spiro atoms. The van der Waals surface area contributed by atoms with Crippen molar-refractivity contribution < 1.29 is 13.2 Å². The molecule has 6 nitrogen and oxygen atoms in total. The minimum absolute atomic E-state index is 0.0133. The highest BCUT2D eigenvalue weighted by atomic mass is 35.5. The van der Waals surface area contributed by atoms with E-state index in [0.29, 0.717) is 6.54 Å². The highest BCUT2D eigenvalue weighted by molar-refractivity contribution is 7.89. The van der Waals surface area contributed by atoms with Gasteiger partial charge in [0.15, 0.2) is 0 Å². The number of sulfonamides is 1. The summed E-state index contributed by atoms with van der Waals surface area (Å²) in [7, 11) is -3.73. The number of pyridine rings is 1. The number of aromatic nitrogens is 1. The van der Waals surface area contributed by atoms with Gasteiger partial charge in [-0.25, -0.2) is 13.1 Å². The van der Waals surface area contributed by atoms with Gasteiger partial charge in [0.25, 0.3) is 0 Å². The minimum Gasteiger partial charge on any atom is -0.356 e. The standard InChI is InChI=1S/C10H14ClN3O3S/c1-2-13-10(15)4-6-14-18(16,17)9-7-12-5-3-8(9)11/h3,5,7,14H,2,4,6H2,1H3,(H,13,15). The average Bonchev–Trinajstić information content (AvgIpc) is 2.29. The van der Waals surface area contributed by atoms with Crippen molar-refractivity contribution >= 4 is 27.5 Å². The Kier molecular flexibility index (Phi) is 5.52. The Balaban J connectivity index is 2.61. The van der Waals surface area contributed by atoms with Crippen molar-refractivity contribution in [2.45, 2.75) is 18.2 Å². The first-order chi connectivity index (χ1) is 8.47. The molecule has 18 heavy (non-hydrogen) atoms. The number of hydrogen-bond acceptors (Lipinski definition) is 4. The second kappa shape index (κ2) is 6.67. The van der Waals surface area contributed by atoms with Gasteiger partial charge in [0, 0.05) is 31.9 Å². The molecule has 0 aliphatic carbocycles. The zero-order valence-electron chi connectivity index (χ0n) is 9.81. The lowest BCUT2D eigenvalue weighted by molar-refractivity contribution is -0.120. The predicted octanol–water partition coefficient (Wildman–Crippen LogP) is 0.540. The summed E-state index contributed by atoms with van der Waals surface area (Å²) in [6.45, 7) is 2.32. The molecule has 1 heterocycles. The summed E-state index contributed by atoms with van der Waals surface area (Å²) in [5.74, 6) is -0.211. The summed E-state index contributed by atoms with van der Waals surface area (Å²) in [6, 6.07) is 1.39. The Morgan fingerprint density at radius 2 is 2.22 bits per heavy atom. The molecule has 100 valence electrons. The minimum atomic E-state index is -3.73. The van der Waals surface area contributed by atoms with Gasteiger partial charge >= 0.3 is 0 Å². The highest BCUT2D eigenvalue weighted by Crippen LogP contribution is 2.18. The average molecular weight is 292 g/mol. The van der Waals surface area contributed by atoms with Crippen LogP contribution >= 0.6 is 11.6 Å². The van der Waals surface area contributed by atoms with Gasteiger partial charge in [0.05, 0.1) is 5.02 Å². The Morgan fingerprint density at radius 1 is 1.50 bits per heavy atom. The molecule has 0 radical (unpaired) electrons. The molecule has 8 heteroatoms. The molecule has 1 amide bonds. The number of carbonyl (C=O) groups is 1. The molecule has 0 unspecified atom stereocenters. The molecule has 1 rings (SSSR count). The molecule has 1 aromatic heterocycles. The van der Waals surface area contributed by atoms with Crippen LogP contribution in [0.1, 0.15) is 13.3 Å². The van der Waals surface area contributed by atoms with Gasteiger partial charge in [0.1, 0.15) is 4.90 Å². The summed E-state index contributed by atoms with van der Waals surface area (Å²) >= 11 is 5.76. The second-order valence-corrected chi connectivity index (χ2v) is 5.55. The molecule has 0 saturated heterocycles. The van der Waals surface area contributed by atoms with Crippen LogP contribution in [-0.4, -0.2) is 32.4 Å². The first kappa shape index (κ1) is 14.9. The van der Waals surface area contributed by atoms with Gasteiger partial charge in [0.2, 0.25) is 15.9 Å². The van der Waals surface area contributed by atoms with E-state index in [1.165, 1.54) is 12.3 Å². The smallest absolute Gasteiger partial charge is 0.243 e. The highest BCUT2D eigenvalue weighted by Gasteiger charge is 2.17. The van der Waals surface area contributed by atoms with Gasteiger partial charge in [-0.3, -0.25) is 9.78 Å². The third-order valence-electron chi connectivity index (χ3n) is 2.04. The third kappa shape index (κ3) is 4.25. The summed E-state index contributed by atoms with van der Waals surface area (Å²) in [6.07, 6.45) is 2.64. The van der Waals surface area contributed by atoms with Crippen molar-refractivity contribution in [3.8, 4) is 0 Å². The van der Waals surface area contributed by atoms with Crippen LogP contribution in [0.4, 0.5) is 0 Å². The quantitative estimate of drug-likeness (QED) is 0.801. The molecule has 2 N–H and O–H groups in total. The molecular formula is C10H14ClN3O3S. The molecule has 0 aliphatic rings. The normalized spacial score (nSPS) is 11.2. The van der Waals surface area contributed by atoms with Crippen molar-refractivity contribution in [1.29, 1.82) is 0 Å². The van der Waals surface area contributed by atoms with E-state index in [1.54, 1.807) is 6.92 Å². The Bertz CT molecular complexity index is 519. The summed E-state index contributed by atoms with van der Waals surface area (Å²) in [4.78, 5) is 14.8. The van der Waals surface area contributed by atoms with Gasteiger partial charge in [-0.15, -0.1) is 0 Å². The Hall–Kier alpha value is -1.18. The van der Waals surface area contributed by atoms with Gasteiger partial charge in [-0.05, 0) is 13.0 Å². The molecule has 0 fully saturated rings. The van der Waals surface area contributed by atoms with Crippen molar-refractivity contribution in [3.05, 3.63) is 23.5 Å². The molecule has 0 atom stereocenters. The number of amides is 1. The topological polar surface area (TPSA) is 88.2 Å². The molecule has 0 saturated carbocycles. The number of carbonyl (C=O) groups excluding carboxylic acids is 1. The van der Waals surface area contributed by atoms with E-state index in [9.17, 15) is 13.2 Å². The van der Waals surface area contributed by atoms with Crippen LogP contribution in [0.3, 0.4) is 0 Å². The van der Waals surface area contributed by atoms with Crippen LogP contribution in [0.25, 0.3) is 0 Å². The maximum atomic E-state index is 11.8. The van der Waals surface area contributed by atoms with Gasteiger partial charge < -0.3 is 5.32 Å². The molecule has 0 aromatic carbocycles. The number of hydrogen-bond donors (Lipinski definition) is 2. The van der Waals surface area contributed by atoms with Gasteiger partial charge in [-0.1, -0.05) is 11.6 Å². The second-order valence-electron chi connectivity index (χ2n) is 3.41. The van der Waals surface area contributed by atoms with Crippen molar-refractivity contribution in [3.63, 3.8) is 0 Å². The van der Waals surface area contributed by atoms with E-state index in [-0.39, 0.29) is 28.8 Å². The largest absolute Gasteiger partial charge is 0.356 e. The zero-order chi connectivity index (χ0) is 13.6. The van der Waals surface area contributed by atoms with E-state index in [1.807, 2.05) is 0 Å². The summed E-state index contributed by atoms with van der Waals surface area (Å²) in [5, 5.41) is 2.66. The van der Waals surface area contributed by atoms with E-state index < -0.39 is 10.0 Å². The SMILES string of the molecule is CCNC(=O)CCNS(=O)(=O)c1cnccc1Cl. The van der Waals surface area contributed by atoms with Crippen LogP contribution in [0, 0.1) is 0 Å². The lowest BCUT2D eigenvalue weighted by Gasteiger charge is -2.07. The first-order valence-corrected chi connectivity index (χ1v) is 7.19. The predicted molar refractivity (Wildman–Crippen MR) is 67.7 cm³/mol. The maximum absolute atomic E-state index is 11.8. The monoisotopic (exact) mass is 291 g/mol. The Morgan fingerprint density at radius 3 is 2.83 bits per heavy atom. The van der Waals surface area contributed by atoms with Crippen LogP contribution < -0.4 is 10.0 Å².